The molecule has 0 fully saturated rings. The van der Waals surface area contributed by atoms with E-state index in [4.69, 9.17) is 0 Å². The van der Waals surface area contributed by atoms with E-state index in [0.717, 1.165) is 6.26 Å². The van der Waals surface area contributed by atoms with E-state index in [-0.39, 0.29) is 11.3 Å². The molecule has 0 amide bonds. The maximum Gasteiger partial charge on any atom is 0.296 e. The lowest BCUT2D eigenvalue weighted by Gasteiger charge is -2.18. The number of rotatable bonds is 4. The molecule has 1 N–H and O–H groups in total. The topological polar surface area (TPSA) is 46.3 Å². The molecule has 0 aliphatic carbocycles. The van der Waals surface area contributed by atoms with Crippen LogP contribution in [0, 0.1) is 6.92 Å². The first kappa shape index (κ1) is 13.4. The Balaban J connectivity index is 2.18. The molecule has 1 atom stereocenters. The second kappa shape index (κ2) is 5.32. The molecular weight excluding hydrogens is 252 g/mol. The molecule has 1 unspecified atom stereocenters. The van der Waals surface area contributed by atoms with Crippen molar-refractivity contribution >= 4 is 6.08 Å². The van der Waals surface area contributed by atoms with E-state index < -0.39 is 12.0 Å². The van der Waals surface area contributed by atoms with Gasteiger partial charge in [0.2, 0.25) is 0 Å². The molecule has 0 spiro atoms. The Hall–Kier alpha value is -2.01. The summed E-state index contributed by atoms with van der Waals surface area (Å²) in [5.41, 5.74) is 0.874. The van der Waals surface area contributed by atoms with Gasteiger partial charge in [-0.2, -0.15) is 8.78 Å². The van der Waals surface area contributed by atoms with Gasteiger partial charge in [0.1, 0.15) is 6.26 Å². The van der Waals surface area contributed by atoms with Crippen LogP contribution in [-0.4, -0.2) is 16.2 Å². The summed E-state index contributed by atoms with van der Waals surface area (Å²) < 4.78 is 32.2. The van der Waals surface area contributed by atoms with Gasteiger partial charge in [0.15, 0.2) is 6.10 Å². The van der Waals surface area contributed by atoms with Gasteiger partial charge in [-0.1, -0.05) is 41.6 Å². The predicted octanol–water partition coefficient (Wildman–Crippen LogP) is 3.37. The average Bonchev–Trinajstić information content (AvgIpc) is 2.83. The molecule has 0 radical (unpaired) electrons. The maximum absolute atomic E-state index is 13.8. The summed E-state index contributed by atoms with van der Waals surface area (Å²) in [5.74, 6) is -3.40. The lowest BCUT2D eigenvalue weighted by molar-refractivity contribution is -0.0713. The Morgan fingerprint density at radius 2 is 2.00 bits per heavy atom. The molecule has 1 aromatic carbocycles. The summed E-state index contributed by atoms with van der Waals surface area (Å²) >= 11 is 0. The highest BCUT2D eigenvalue weighted by Gasteiger charge is 2.38. The number of halogens is 2. The van der Waals surface area contributed by atoms with Gasteiger partial charge in [0.05, 0.1) is 5.69 Å². The quantitative estimate of drug-likeness (QED) is 0.922. The van der Waals surface area contributed by atoms with Crippen molar-refractivity contribution in [2.45, 2.75) is 19.0 Å². The summed E-state index contributed by atoms with van der Waals surface area (Å²) in [6, 6.07) is 8.69. The van der Waals surface area contributed by atoms with Crippen molar-refractivity contribution in [3.63, 3.8) is 0 Å². The van der Waals surface area contributed by atoms with E-state index in [1.807, 2.05) is 0 Å². The highest BCUT2D eigenvalue weighted by molar-refractivity contribution is 5.50. The van der Waals surface area contributed by atoms with Crippen molar-refractivity contribution in [2.75, 3.05) is 0 Å². The molecule has 1 heterocycles. The Morgan fingerprint density at radius 1 is 1.32 bits per heavy atom. The van der Waals surface area contributed by atoms with Gasteiger partial charge in [-0.15, -0.1) is 0 Å². The van der Waals surface area contributed by atoms with Crippen LogP contribution in [0.15, 0.2) is 47.2 Å². The van der Waals surface area contributed by atoms with Crippen LogP contribution in [0.3, 0.4) is 0 Å². The zero-order valence-corrected chi connectivity index (χ0v) is 10.3. The Morgan fingerprint density at radius 3 is 2.58 bits per heavy atom. The minimum atomic E-state index is -3.40. The molecule has 5 heteroatoms. The first-order valence-electron chi connectivity index (χ1n) is 5.72. The number of aliphatic hydroxyl groups excluding tert-OH is 1. The number of hydrogen-bond acceptors (Lipinski definition) is 3. The molecule has 0 bridgehead atoms. The number of hydrogen-bond donors (Lipinski definition) is 1. The molecule has 19 heavy (non-hydrogen) atoms. The minimum absolute atomic E-state index is 0.0114. The fraction of sp³-hybridized carbons (Fsp3) is 0.214. The van der Waals surface area contributed by atoms with E-state index in [1.165, 1.54) is 13.0 Å². The van der Waals surface area contributed by atoms with E-state index in [0.29, 0.717) is 11.6 Å². The third-order valence-corrected chi connectivity index (χ3v) is 2.74. The fourth-order valence-corrected chi connectivity index (χ4v) is 1.63. The predicted molar refractivity (Wildman–Crippen MR) is 66.6 cm³/mol. The van der Waals surface area contributed by atoms with Crippen molar-refractivity contribution in [3.8, 4) is 0 Å². The highest BCUT2D eigenvalue weighted by atomic mass is 19.3. The zero-order chi connectivity index (χ0) is 13.9. The average molecular weight is 265 g/mol. The van der Waals surface area contributed by atoms with Gasteiger partial charge in [-0.25, -0.2) is 0 Å². The second-order valence-corrected chi connectivity index (χ2v) is 4.18. The molecule has 0 saturated heterocycles. The van der Waals surface area contributed by atoms with Crippen LogP contribution in [-0.2, 0) is 0 Å². The number of benzene rings is 1. The minimum Gasteiger partial charge on any atom is -0.382 e. The molecule has 0 aliphatic heterocycles. The van der Waals surface area contributed by atoms with Crippen LogP contribution >= 0.6 is 0 Å². The molecule has 2 rings (SSSR count). The van der Waals surface area contributed by atoms with Gasteiger partial charge in [-0.05, 0) is 18.6 Å². The number of aromatic nitrogens is 1. The maximum atomic E-state index is 13.8. The SMILES string of the molecule is Cc1nocc1C(O)C(F)(F)/C=C/c1ccccc1. The third kappa shape index (κ3) is 3.06. The molecule has 3 nitrogen and oxygen atoms in total. The smallest absolute Gasteiger partial charge is 0.296 e. The lowest BCUT2D eigenvalue weighted by atomic mass is 10.0. The van der Waals surface area contributed by atoms with Gasteiger partial charge in [-0.3, -0.25) is 0 Å². The number of alkyl halides is 2. The first-order valence-corrected chi connectivity index (χ1v) is 5.72. The van der Waals surface area contributed by atoms with Gasteiger partial charge in [0.25, 0.3) is 5.92 Å². The largest absolute Gasteiger partial charge is 0.382 e. The summed E-state index contributed by atoms with van der Waals surface area (Å²) in [6.07, 6.45) is 1.01. The van der Waals surface area contributed by atoms with Crippen LogP contribution in [0.25, 0.3) is 6.08 Å². The van der Waals surface area contributed by atoms with E-state index in [1.54, 1.807) is 30.3 Å². The summed E-state index contributed by atoms with van der Waals surface area (Å²) in [6.45, 7) is 1.50. The summed E-state index contributed by atoms with van der Waals surface area (Å²) in [5, 5.41) is 13.2. The first-order chi connectivity index (χ1) is 9.00. The fourth-order valence-electron chi connectivity index (χ4n) is 1.63. The Kier molecular flexibility index (Phi) is 3.76. The van der Waals surface area contributed by atoms with Gasteiger partial charge in [0, 0.05) is 5.56 Å². The Bertz CT molecular complexity index is 564. The van der Waals surface area contributed by atoms with Crippen molar-refractivity contribution in [1.82, 2.24) is 5.16 Å². The zero-order valence-electron chi connectivity index (χ0n) is 10.3. The van der Waals surface area contributed by atoms with Gasteiger partial charge < -0.3 is 9.63 Å². The van der Waals surface area contributed by atoms with Crippen molar-refractivity contribution < 1.29 is 18.4 Å². The monoisotopic (exact) mass is 265 g/mol. The van der Waals surface area contributed by atoms with Crippen LogP contribution in [0.1, 0.15) is 22.9 Å². The van der Waals surface area contributed by atoms with E-state index >= 15 is 0 Å². The van der Waals surface area contributed by atoms with Crippen molar-refractivity contribution in [2.24, 2.45) is 0 Å². The Labute approximate surface area is 109 Å². The van der Waals surface area contributed by atoms with Crippen LogP contribution in [0.5, 0.6) is 0 Å². The molecule has 1 aromatic heterocycles. The molecule has 2 aromatic rings. The van der Waals surface area contributed by atoms with E-state index in [9.17, 15) is 13.9 Å². The highest BCUT2D eigenvalue weighted by Crippen LogP contribution is 2.34. The lowest BCUT2D eigenvalue weighted by Crippen LogP contribution is -2.23. The number of aliphatic hydroxyl groups is 1. The van der Waals surface area contributed by atoms with Gasteiger partial charge >= 0.3 is 0 Å². The summed E-state index contributed by atoms with van der Waals surface area (Å²) in [4.78, 5) is 0. The van der Waals surface area contributed by atoms with E-state index in [2.05, 4.69) is 9.68 Å². The normalized spacial score (nSPS) is 13.9. The van der Waals surface area contributed by atoms with Crippen molar-refractivity contribution in [3.05, 3.63) is 59.5 Å². The second-order valence-electron chi connectivity index (χ2n) is 4.18. The van der Waals surface area contributed by atoms with Crippen LogP contribution in [0.4, 0.5) is 8.78 Å². The van der Waals surface area contributed by atoms with Crippen LogP contribution < -0.4 is 0 Å². The standard InChI is InChI=1S/C14H13F2NO2/c1-10-12(9-19-17-10)13(18)14(15,16)8-7-11-5-3-2-4-6-11/h2-9,13,18H,1H3/b8-7+. The third-order valence-electron chi connectivity index (χ3n) is 2.74. The number of aryl methyl sites for hydroxylation is 1. The summed E-state index contributed by atoms with van der Waals surface area (Å²) in [7, 11) is 0. The molecule has 100 valence electrons. The molecular formula is C14H13F2NO2. The molecule has 0 saturated carbocycles. The van der Waals surface area contributed by atoms with Crippen LogP contribution in [0.2, 0.25) is 0 Å². The number of nitrogens with zero attached hydrogens (tertiary/aromatic N) is 1. The molecule has 0 aliphatic rings. The van der Waals surface area contributed by atoms with Crippen molar-refractivity contribution in [1.29, 1.82) is 0 Å².